The van der Waals surface area contributed by atoms with E-state index in [9.17, 15) is 14.7 Å². The molecule has 0 amide bonds. The second-order valence-corrected chi connectivity index (χ2v) is 4.30. The molecule has 0 saturated carbocycles. The van der Waals surface area contributed by atoms with Crippen LogP contribution in [-0.4, -0.2) is 17.2 Å². The Balaban J connectivity index is 2.51. The molecule has 0 fully saturated rings. The van der Waals surface area contributed by atoms with E-state index < -0.39 is 0 Å². The number of carbonyl (C=O) groups excluding carboxylic acids is 2. The number of aldehydes is 1. The van der Waals surface area contributed by atoms with Crippen molar-refractivity contribution in [3.8, 4) is 5.75 Å². The Bertz CT molecular complexity index is 449. The van der Waals surface area contributed by atoms with Gasteiger partial charge < -0.3 is 5.11 Å². The molecule has 1 aromatic rings. The third-order valence-corrected chi connectivity index (χ3v) is 3.20. The van der Waals surface area contributed by atoms with E-state index in [0.29, 0.717) is 29.8 Å². The summed E-state index contributed by atoms with van der Waals surface area (Å²) in [6.45, 7) is 2.05. The first-order valence-electron chi connectivity index (χ1n) is 5.50. The van der Waals surface area contributed by atoms with Crippen molar-refractivity contribution < 1.29 is 14.7 Å². The van der Waals surface area contributed by atoms with Crippen molar-refractivity contribution in [3.63, 3.8) is 0 Å². The molecule has 3 heteroatoms. The Labute approximate surface area is 94.1 Å². The fourth-order valence-electron chi connectivity index (χ4n) is 2.30. The first-order chi connectivity index (χ1) is 7.65. The molecule has 3 nitrogen and oxygen atoms in total. The van der Waals surface area contributed by atoms with E-state index in [0.717, 1.165) is 18.4 Å². The number of hydrogen-bond donors (Lipinski definition) is 1. The van der Waals surface area contributed by atoms with Crippen LogP contribution < -0.4 is 0 Å². The summed E-state index contributed by atoms with van der Waals surface area (Å²) in [4.78, 5) is 22.5. The van der Waals surface area contributed by atoms with Gasteiger partial charge in [0.1, 0.15) is 12.0 Å². The molecule has 0 aliphatic heterocycles. The Morgan fingerprint density at radius 3 is 2.81 bits per heavy atom. The van der Waals surface area contributed by atoms with Crippen LogP contribution in [0.1, 0.15) is 46.0 Å². The molecule has 16 heavy (non-hydrogen) atoms. The van der Waals surface area contributed by atoms with Crippen molar-refractivity contribution in [3.05, 3.63) is 28.8 Å². The minimum absolute atomic E-state index is 0.0111. The van der Waals surface area contributed by atoms with Crippen LogP contribution in [0.15, 0.2) is 12.1 Å². The van der Waals surface area contributed by atoms with Crippen molar-refractivity contribution in [2.45, 2.75) is 26.2 Å². The molecule has 2 rings (SSSR count). The normalized spacial score (nSPS) is 19.3. The summed E-state index contributed by atoms with van der Waals surface area (Å²) in [7, 11) is 0. The van der Waals surface area contributed by atoms with Gasteiger partial charge in [-0.05, 0) is 30.0 Å². The van der Waals surface area contributed by atoms with Gasteiger partial charge in [0.25, 0.3) is 0 Å². The standard InChI is InChI=1S/C13H14O3/c1-2-8-3-10-4-9(7-14)6-12(16)13(10)11(15)5-8/h4,6-8,16H,2-3,5H2,1H3. The van der Waals surface area contributed by atoms with Crippen LogP contribution in [0.4, 0.5) is 0 Å². The minimum atomic E-state index is -0.0563. The lowest BCUT2D eigenvalue weighted by Gasteiger charge is -2.23. The number of aromatic hydroxyl groups is 1. The number of phenolic OH excluding ortho intramolecular Hbond substituents is 1. The fourth-order valence-corrected chi connectivity index (χ4v) is 2.30. The summed E-state index contributed by atoms with van der Waals surface area (Å²) in [6.07, 6.45) is 2.90. The van der Waals surface area contributed by atoms with E-state index in [1.165, 1.54) is 6.07 Å². The molecular weight excluding hydrogens is 204 g/mol. The van der Waals surface area contributed by atoms with Gasteiger partial charge in [0.05, 0.1) is 5.56 Å². The second kappa shape index (κ2) is 4.08. The lowest BCUT2D eigenvalue weighted by atomic mass is 9.81. The van der Waals surface area contributed by atoms with Gasteiger partial charge >= 0.3 is 0 Å². The molecule has 0 radical (unpaired) electrons. The fraction of sp³-hybridized carbons (Fsp3) is 0.385. The number of benzene rings is 1. The molecule has 84 valence electrons. The molecule has 1 aliphatic carbocycles. The Morgan fingerprint density at radius 2 is 2.19 bits per heavy atom. The first kappa shape index (κ1) is 10.9. The molecule has 1 aromatic carbocycles. The molecule has 0 bridgehead atoms. The van der Waals surface area contributed by atoms with Crippen LogP contribution in [-0.2, 0) is 6.42 Å². The van der Waals surface area contributed by atoms with Crippen LogP contribution in [0.3, 0.4) is 0 Å². The van der Waals surface area contributed by atoms with Crippen LogP contribution in [0.2, 0.25) is 0 Å². The molecule has 1 N–H and O–H groups in total. The molecule has 1 unspecified atom stereocenters. The van der Waals surface area contributed by atoms with Crippen LogP contribution in [0.25, 0.3) is 0 Å². The zero-order chi connectivity index (χ0) is 11.7. The number of phenols is 1. The topological polar surface area (TPSA) is 54.4 Å². The maximum absolute atomic E-state index is 11.8. The molecular formula is C13H14O3. The first-order valence-corrected chi connectivity index (χ1v) is 5.50. The highest BCUT2D eigenvalue weighted by atomic mass is 16.3. The largest absolute Gasteiger partial charge is 0.507 e. The van der Waals surface area contributed by atoms with Gasteiger partial charge in [-0.3, -0.25) is 9.59 Å². The van der Waals surface area contributed by atoms with Crippen molar-refractivity contribution in [1.29, 1.82) is 0 Å². The third kappa shape index (κ3) is 1.73. The van der Waals surface area contributed by atoms with Crippen molar-refractivity contribution in [2.24, 2.45) is 5.92 Å². The van der Waals surface area contributed by atoms with E-state index in [2.05, 4.69) is 0 Å². The summed E-state index contributed by atoms with van der Waals surface area (Å²) in [5.41, 5.74) is 1.65. The lowest BCUT2D eigenvalue weighted by molar-refractivity contribution is 0.0943. The quantitative estimate of drug-likeness (QED) is 0.775. The second-order valence-electron chi connectivity index (χ2n) is 4.30. The third-order valence-electron chi connectivity index (χ3n) is 3.20. The Morgan fingerprint density at radius 1 is 1.44 bits per heavy atom. The number of ketones is 1. The zero-order valence-electron chi connectivity index (χ0n) is 9.19. The maximum atomic E-state index is 11.8. The van der Waals surface area contributed by atoms with E-state index in [4.69, 9.17) is 0 Å². The van der Waals surface area contributed by atoms with Crippen molar-refractivity contribution in [2.75, 3.05) is 0 Å². The van der Waals surface area contributed by atoms with Crippen molar-refractivity contribution in [1.82, 2.24) is 0 Å². The minimum Gasteiger partial charge on any atom is -0.507 e. The number of hydrogen-bond acceptors (Lipinski definition) is 3. The van der Waals surface area contributed by atoms with E-state index in [1.807, 2.05) is 6.92 Å². The highest BCUT2D eigenvalue weighted by molar-refractivity contribution is 6.02. The van der Waals surface area contributed by atoms with Gasteiger partial charge in [0.15, 0.2) is 5.78 Å². The van der Waals surface area contributed by atoms with Crippen LogP contribution >= 0.6 is 0 Å². The van der Waals surface area contributed by atoms with Gasteiger partial charge in [-0.25, -0.2) is 0 Å². The highest BCUT2D eigenvalue weighted by Gasteiger charge is 2.26. The predicted molar refractivity (Wildman–Crippen MR) is 59.9 cm³/mol. The average molecular weight is 218 g/mol. The van der Waals surface area contributed by atoms with E-state index in [-0.39, 0.29) is 11.5 Å². The summed E-state index contributed by atoms with van der Waals surface area (Å²) >= 11 is 0. The lowest BCUT2D eigenvalue weighted by Crippen LogP contribution is -2.20. The summed E-state index contributed by atoms with van der Waals surface area (Å²) in [5.74, 6) is 0.267. The average Bonchev–Trinajstić information content (AvgIpc) is 2.27. The van der Waals surface area contributed by atoms with Gasteiger partial charge in [-0.1, -0.05) is 13.3 Å². The smallest absolute Gasteiger partial charge is 0.167 e. The number of rotatable bonds is 2. The van der Waals surface area contributed by atoms with Gasteiger partial charge in [0.2, 0.25) is 0 Å². The van der Waals surface area contributed by atoms with Gasteiger partial charge in [0, 0.05) is 12.0 Å². The molecule has 1 aliphatic rings. The number of carbonyl (C=O) groups is 2. The molecule has 0 heterocycles. The molecule has 0 spiro atoms. The van der Waals surface area contributed by atoms with E-state index in [1.54, 1.807) is 6.07 Å². The Kier molecular flexibility index (Phi) is 2.77. The summed E-state index contributed by atoms with van der Waals surface area (Å²) in [6, 6.07) is 3.07. The monoisotopic (exact) mass is 218 g/mol. The summed E-state index contributed by atoms with van der Waals surface area (Å²) < 4.78 is 0. The SMILES string of the molecule is CCC1CC(=O)c2c(O)cc(C=O)cc2C1. The van der Waals surface area contributed by atoms with Crippen LogP contribution in [0.5, 0.6) is 5.75 Å². The molecule has 1 atom stereocenters. The Hall–Kier alpha value is -1.64. The maximum Gasteiger partial charge on any atom is 0.167 e. The van der Waals surface area contributed by atoms with E-state index >= 15 is 0 Å². The molecule has 0 saturated heterocycles. The predicted octanol–water partition coefficient (Wildman–Crippen LogP) is 2.36. The number of fused-ring (bicyclic) bond motifs is 1. The van der Waals surface area contributed by atoms with Crippen LogP contribution in [0, 0.1) is 5.92 Å². The molecule has 0 aromatic heterocycles. The summed E-state index contributed by atoms with van der Waals surface area (Å²) in [5, 5.41) is 9.72. The van der Waals surface area contributed by atoms with Gasteiger partial charge in [-0.15, -0.1) is 0 Å². The van der Waals surface area contributed by atoms with Gasteiger partial charge in [-0.2, -0.15) is 0 Å². The number of Topliss-reactive ketones (excluding diaryl/α,β-unsaturated/α-hetero) is 1. The highest BCUT2D eigenvalue weighted by Crippen LogP contribution is 2.33. The zero-order valence-corrected chi connectivity index (χ0v) is 9.19. The van der Waals surface area contributed by atoms with Crippen molar-refractivity contribution >= 4 is 12.1 Å².